The molecule has 2 aromatic carbocycles. The molecule has 7 heteroatoms. The summed E-state index contributed by atoms with van der Waals surface area (Å²) in [6.45, 7) is 3.79. The number of carbonyl (C=O) groups is 1. The Labute approximate surface area is 162 Å². The summed E-state index contributed by atoms with van der Waals surface area (Å²) < 4.78 is 11.4. The summed E-state index contributed by atoms with van der Waals surface area (Å²) in [6, 6.07) is 12.5. The average Bonchev–Trinajstić information content (AvgIpc) is 2.68. The van der Waals surface area contributed by atoms with E-state index >= 15 is 0 Å². The van der Waals surface area contributed by atoms with Crippen molar-refractivity contribution in [2.24, 2.45) is 0 Å². The van der Waals surface area contributed by atoms with Crippen molar-refractivity contribution in [1.29, 1.82) is 5.26 Å². The molecule has 0 atom stereocenters. The highest BCUT2D eigenvalue weighted by Crippen LogP contribution is 2.33. The molecule has 1 heterocycles. The number of ether oxygens (including phenoxy) is 2. The lowest BCUT2D eigenvalue weighted by Crippen LogP contribution is -2.29. The van der Waals surface area contributed by atoms with Crippen molar-refractivity contribution in [2.45, 2.75) is 13.8 Å². The Balaban J connectivity index is 1.84. The van der Waals surface area contributed by atoms with Crippen molar-refractivity contribution in [3.05, 3.63) is 53.7 Å². The van der Waals surface area contributed by atoms with Gasteiger partial charge in [-0.15, -0.1) is 0 Å². The van der Waals surface area contributed by atoms with Crippen LogP contribution in [0, 0.1) is 25.2 Å². The maximum atomic E-state index is 11.7. The third-order valence-corrected chi connectivity index (χ3v) is 4.22. The summed E-state index contributed by atoms with van der Waals surface area (Å²) in [7, 11) is 1.63. The van der Waals surface area contributed by atoms with Gasteiger partial charge in [0.05, 0.1) is 18.7 Å². The number of methoxy groups -OCH3 is 1. The first-order valence-corrected chi connectivity index (χ1v) is 8.65. The second-order valence-corrected chi connectivity index (χ2v) is 6.19. The maximum Gasteiger partial charge on any atom is 0.320 e. The summed E-state index contributed by atoms with van der Waals surface area (Å²) in [5.41, 5.74) is 3.25. The van der Waals surface area contributed by atoms with Gasteiger partial charge in [0.15, 0.2) is 0 Å². The van der Waals surface area contributed by atoms with Crippen LogP contribution in [-0.2, 0) is 0 Å². The molecule has 2 N–H and O–H groups in total. The smallest absolute Gasteiger partial charge is 0.320 e. The van der Waals surface area contributed by atoms with Gasteiger partial charge in [-0.25, -0.2) is 4.79 Å². The van der Waals surface area contributed by atoms with Crippen molar-refractivity contribution in [3.8, 4) is 23.3 Å². The van der Waals surface area contributed by atoms with E-state index in [1.54, 1.807) is 25.4 Å². The summed E-state index contributed by atoms with van der Waals surface area (Å²) in [5, 5.41) is 14.5. The van der Waals surface area contributed by atoms with Crippen LogP contribution < -0.4 is 20.1 Å². The number of hydrogen-bond acceptors (Lipinski definition) is 5. The van der Waals surface area contributed by atoms with Gasteiger partial charge in [0.25, 0.3) is 0 Å². The molecule has 28 heavy (non-hydrogen) atoms. The molecule has 0 aliphatic heterocycles. The predicted molar refractivity (Wildman–Crippen MR) is 107 cm³/mol. The van der Waals surface area contributed by atoms with E-state index in [2.05, 4.69) is 15.6 Å². The van der Waals surface area contributed by atoms with Crippen molar-refractivity contribution >= 4 is 22.6 Å². The van der Waals surface area contributed by atoms with Crippen LogP contribution >= 0.6 is 0 Å². The molecule has 0 fully saturated rings. The number of amides is 2. The number of nitrogens with one attached hydrogen (secondary N) is 2. The molecule has 7 nitrogen and oxygen atoms in total. The van der Waals surface area contributed by atoms with Crippen LogP contribution in [0.3, 0.4) is 0 Å². The minimum atomic E-state index is -0.428. The van der Waals surface area contributed by atoms with Crippen molar-refractivity contribution < 1.29 is 14.3 Å². The Bertz CT molecular complexity index is 1070. The van der Waals surface area contributed by atoms with Crippen LogP contribution in [0.1, 0.15) is 11.1 Å². The summed E-state index contributed by atoms with van der Waals surface area (Å²) in [6.07, 6.45) is 1.69. The molecule has 0 bridgehead atoms. The molecule has 3 aromatic rings. The Hall–Kier alpha value is -3.79. The van der Waals surface area contributed by atoms with Gasteiger partial charge in [0, 0.05) is 23.3 Å². The van der Waals surface area contributed by atoms with Gasteiger partial charge in [-0.05, 0) is 55.3 Å². The lowest BCUT2D eigenvalue weighted by atomic mass is 10.1. The van der Waals surface area contributed by atoms with Gasteiger partial charge in [-0.3, -0.25) is 4.98 Å². The second-order valence-electron chi connectivity index (χ2n) is 6.19. The lowest BCUT2D eigenvalue weighted by molar-refractivity contribution is 0.253. The van der Waals surface area contributed by atoms with Gasteiger partial charge in [-0.1, -0.05) is 0 Å². The molecular formula is C21H20N4O3. The van der Waals surface area contributed by atoms with Crippen molar-refractivity contribution in [1.82, 2.24) is 10.3 Å². The highest BCUT2D eigenvalue weighted by Gasteiger charge is 2.10. The standard InChI is InChI=1S/C21H20N4O3/c1-13-10-15(4-5-17(13)25-21(26)24-9-7-22)28-19-6-8-23-18-12-20(27-3)14(2)11-16(18)19/h4-6,8,10-12H,9H2,1-3H3,(H2,24,25,26). The molecule has 0 radical (unpaired) electrons. The highest BCUT2D eigenvalue weighted by atomic mass is 16.5. The van der Waals surface area contributed by atoms with Crippen LogP contribution in [0.15, 0.2) is 42.6 Å². The van der Waals surface area contributed by atoms with Crippen LogP contribution in [0.25, 0.3) is 10.9 Å². The third kappa shape index (κ3) is 4.13. The van der Waals surface area contributed by atoms with E-state index in [-0.39, 0.29) is 6.54 Å². The fourth-order valence-corrected chi connectivity index (χ4v) is 2.82. The average molecular weight is 376 g/mol. The number of benzene rings is 2. The first kappa shape index (κ1) is 19.0. The number of aryl methyl sites for hydroxylation is 2. The van der Waals surface area contributed by atoms with Crippen LogP contribution in [0.2, 0.25) is 0 Å². The number of carbonyl (C=O) groups excluding carboxylic acids is 1. The molecule has 3 rings (SSSR count). The van der Waals surface area contributed by atoms with Crippen molar-refractivity contribution in [3.63, 3.8) is 0 Å². The van der Waals surface area contributed by atoms with E-state index < -0.39 is 6.03 Å². The van der Waals surface area contributed by atoms with Gasteiger partial charge in [0.1, 0.15) is 23.8 Å². The maximum absolute atomic E-state index is 11.7. The van der Waals surface area contributed by atoms with Gasteiger partial charge < -0.3 is 20.1 Å². The van der Waals surface area contributed by atoms with E-state index in [0.717, 1.165) is 27.8 Å². The number of anilines is 1. The fraction of sp³-hybridized carbons (Fsp3) is 0.190. The van der Waals surface area contributed by atoms with Gasteiger partial charge in [0.2, 0.25) is 0 Å². The molecular weight excluding hydrogens is 356 g/mol. The lowest BCUT2D eigenvalue weighted by Gasteiger charge is -2.13. The molecule has 2 amide bonds. The topological polar surface area (TPSA) is 96.3 Å². The molecule has 142 valence electrons. The predicted octanol–water partition coefficient (Wildman–Crippen LogP) is 4.30. The number of pyridine rings is 1. The minimum Gasteiger partial charge on any atom is -0.496 e. The van der Waals surface area contributed by atoms with Gasteiger partial charge >= 0.3 is 6.03 Å². The van der Waals surface area contributed by atoms with Crippen LogP contribution in [0.5, 0.6) is 17.2 Å². The fourth-order valence-electron chi connectivity index (χ4n) is 2.82. The highest BCUT2D eigenvalue weighted by molar-refractivity contribution is 5.90. The number of rotatable bonds is 5. The van der Waals surface area contributed by atoms with Crippen molar-refractivity contribution in [2.75, 3.05) is 19.0 Å². The Kier molecular flexibility index (Phi) is 5.61. The third-order valence-electron chi connectivity index (χ3n) is 4.22. The van der Waals surface area contributed by atoms with Crippen LogP contribution in [-0.4, -0.2) is 24.7 Å². The number of fused-ring (bicyclic) bond motifs is 1. The zero-order valence-electron chi connectivity index (χ0n) is 15.9. The SMILES string of the molecule is COc1cc2nccc(Oc3ccc(NC(=O)NCC#N)c(C)c3)c2cc1C. The van der Waals surface area contributed by atoms with E-state index in [1.165, 1.54) is 0 Å². The molecule has 0 saturated heterocycles. The Morgan fingerprint density at radius 3 is 2.68 bits per heavy atom. The number of aromatic nitrogens is 1. The monoisotopic (exact) mass is 376 g/mol. The largest absolute Gasteiger partial charge is 0.496 e. The zero-order chi connectivity index (χ0) is 20.1. The second kappa shape index (κ2) is 8.27. The molecule has 0 aliphatic rings. The van der Waals surface area contributed by atoms with E-state index in [4.69, 9.17) is 14.7 Å². The quantitative estimate of drug-likeness (QED) is 0.647. The summed E-state index contributed by atoms with van der Waals surface area (Å²) >= 11 is 0. The van der Waals surface area contributed by atoms with Gasteiger partial charge in [-0.2, -0.15) is 5.26 Å². The summed E-state index contributed by atoms with van der Waals surface area (Å²) in [4.78, 5) is 16.1. The zero-order valence-corrected chi connectivity index (χ0v) is 15.9. The molecule has 0 unspecified atom stereocenters. The molecule has 1 aromatic heterocycles. The molecule has 0 aliphatic carbocycles. The number of urea groups is 1. The summed E-state index contributed by atoms with van der Waals surface area (Å²) in [5.74, 6) is 2.10. The normalized spacial score (nSPS) is 10.2. The molecule has 0 spiro atoms. The number of nitrogens with zero attached hydrogens (tertiary/aromatic N) is 2. The minimum absolute atomic E-state index is 0.0502. The van der Waals surface area contributed by atoms with Crippen LogP contribution in [0.4, 0.5) is 10.5 Å². The Morgan fingerprint density at radius 2 is 1.96 bits per heavy atom. The molecule has 0 saturated carbocycles. The Morgan fingerprint density at radius 1 is 1.14 bits per heavy atom. The van der Waals surface area contributed by atoms with E-state index in [0.29, 0.717) is 17.2 Å². The number of nitriles is 1. The van der Waals surface area contributed by atoms with E-state index in [9.17, 15) is 4.79 Å². The van der Waals surface area contributed by atoms with E-state index in [1.807, 2.05) is 44.2 Å². The number of hydrogen-bond donors (Lipinski definition) is 2. The first-order chi connectivity index (χ1) is 13.5. The first-order valence-electron chi connectivity index (χ1n) is 8.65.